The molecule has 154 valence electrons. The summed E-state index contributed by atoms with van der Waals surface area (Å²) in [4.78, 5) is 17.6. The van der Waals surface area contributed by atoms with Crippen molar-refractivity contribution in [3.8, 4) is 11.3 Å². The van der Waals surface area contributed by atoms with Gasteiger partial charge in [-0.3, -0.25) is 4.79 Å². The summed E-state index contributed by atoms with van der Waals surface area (Å²) in [7, 11) is 0. The van der Waals surface area contributed by atoms with Crippen LogP contribution < -0.4 is 5.43 Å². The highest BCUT2D eigenvalue weighted by Gasteiger charge is 2.14. The van der Waals surface area contributed by atoms with Crippen LogP contribution in [0.5, 0.6) is 0 Å². The van der Waals surface area contributed by atoms with E-state index in [4.69, 9.17) is 46.4 Å². The molecule has 1 N–H and O–H groups in total. The van der Waals surface area contributed by atoms with Gasteiger partial charge in [-0.05, 0) is 36.4 Å². The fourth-order valence-electron chi connectivity index (χ4n) is 2.99. The number of halogens is 4. The van der Waals surface area contributed by atoms with Crippen molar-refractivity contribution in [1.29, 1.82) is 0 Å². The number of carbonyl (C=O) groups is 1. The summed E-state index contributed by atoms with van der Waals surface area (Å²) in [5, 5.41) is 6.53. The maximum Gasteiger partial charge on any atom is 0.272 e. The monoisotopic (exact) mass is 487 g/mol. The van der Waals surface area contributed by atoms with Crippen LogP contribution in [0.4, 0.5) is 0 Å². The van der Waals surface area contributed by atoms with E-state index in [0.717, 1.165) is 5.56 Å². The van der Waals surface area contributed by atoms with Crippen molar-refractivity contribution in [1.82, 2.24) is 10.4 Å². The number of nitrogens with zero attached hydrogens (tertiary/aromatic N) is 2. The Kier molecular flexibility index (Phi) is 6.44. The molecule has 4 nitrogen and oxygen atoms in total. The van der Waals surface area contributed by atoms with Crippen LogP contribution in [0, 0.1) is 0 Å². The lowest BCUT2D eigenvalue weighted by molar-refractivity contribution is 0.0956. The number of aromatic nitrogens is 1. The molecule has 8 heteroatoms. The molecule has 0 saturated heterocycles. The van der Waals surface area contributed by atoms with Gasteiger partial charge in [0, 0.05) is 21.5 Å². The van der Waals surface area contributed by atoms with Crippen LogP contribution in [0.3, 0.4) is 0 Å². The Labute approximate surface area is 198 Å². The SMILES string of the molecule is O=C(NN=Cc1ccc(Cl)cc1Cl)c1cc(-c2ccc(Cl)c(Cl)c2)nc2ccccc12. The van der Waals surface area contributed by atoms with Gasteiger partial charge in [0.05, 0.1) is 38.1 Å². The summed E-state index contributed by atoms with van der Waals surface area (Å²) >= 11 is 24.2. The molecule has 1 heterocycles. The molecule has 0 fully saturated rings. The first-order valence-corrected chi connectivity index (χ1v) is 10.6. The van der Waals surface area contributed by atoms with Gasteiger partial charge in [0.25, 0.3) is 5.91 Å². The van der Waals surface area contributed by atoms with E-state index in [0.29, 0.717) is 47.8 Å². The number of hydrogen-bond donors (Lipinski definition) is 1. The minimum absolute atomic E-state index is 0.388. The fourth-order valence-corrected chi connectivity index (χ4v) is 3.75. The third kappa shape index (κ3) is 4.83. The van der Waals surface area contributed by atoms with Crippen LogP contribution in [0.2, 0.25) is 20.1 Å². The highest BCUT2D eigenvalue weighted by atomic mass is 35.5. The van der Waals surface area contributed by atoms with E-state index in [1.807, 2.05) is 24.3 Å². The second-order valence-corrected chi connectivity index (χ2v) is 8.22. The Balaban J connectivity index is 1.69. The van der Waals surface area contributed by atoms with E-state index in [-0.39, 0.29) is 5.91 Å². The molecular formula is C23H13Cl4N3O. The molecule has 0 atom stereocenters. The minimum Gasteiger partial charge on any atom is -0.267 e. The summed E-state index contributed by atoms with van der Waals surface area (Å²) in [5.41, 5.74) is 5.59. The van der Waals surface area contributed by atoms with Gasteiger partial charge in [0.15, 0.2) is 0 Å². The first-order valence-electron chi connectivity index (χ1n) is 9.06. The van der Waals surface area contributed by atoms with Crippen molar-refractivity contribution in [2.45, 2.75) is 0 Å². The molecule has 3 aromatic carbocycles. The van der Waals surface area contributed by atoms with Gasteiger partial charge in [0.1, 0.15) is 0 Å². The molecule has 0 unspecified atom stereocenters. The first-order chi connectivity index (χ1) is 14.9. The number of carbonyl (C=O) groups excluding carboxylic acids is 1. The van der Waals surface area contributed by atoms with E-state index in [1.54, 1.807) is 42.5 Å². The Bertz CT molecular complexity index is 1340. The molecule has 1 aromatic heterocycles. The maximum absolute atomic E-state index is 12.9. The molecule has 0 aliphatic rings. The number of nitrogens with one attached hydrogen (secondary N) is 1. The number of benzene rings is 3. The third-order valence-electron chi connectivity index (χ3n) is 4.51. The average molecular weight is 489 g/mol. The number of pyridine rings is 1. The molecular weight excluding hydrogens is 476 g/mol. The van der Waals surface area contributed by atoms with E-state index >= 15 is 0 Å². The summed E-state index contributed by atoms with van der Waals surface area (Å²) in [6.45, 7) is 0. The van der Waals surface area contributed by atoms with E-state index in [2.05, 4.69) is 15.5 Å². The highest BCUT2D eigenvalue weighted by Crippen LogP contribution is 2.30. The van der Waals surface area contributed by atoms with Gasteiger partial charge in [-0.25, -0.2) is 10.4 Å². The molecule has 4 aromatic rings. The summed E-state index contributed by atoms with van der Waals surface area (Å²) in [5.74, 6) is -0.388. The molecule has 0 bridgehead atoms. The molecule has 0 radical (unpaired) electrons. The summed E-state index contributed by atoms with van der Waals surface area (Å²) < 4.78 is 0. The van der Waals surface area contributed by atoms with Crippen molar-refractivity contribution in [3.63, 3.8) is 0 Å². The zero-order valence-corrected chi connectivity index (χ0v) is 18.8. The Morgan fingerprint density at radius 1 is 0.871 bits per heavy atom. The quantitative estimate of drug-likeness (QED) is 0.242. The van der Waals surface area contributed by atoms with Crippen molar-refractivity contribution in [2.75, 3.05) is 0 Å². The topological polar surface area (TPSA) is 54.4 Å². The number of amides is 1. The van der Waals surface area contributed by atoms with Crippen LogP contribution in [0.1, 0.15) is 15.9 Å². The number of fused-ring (bicyclic) bond motifs is 1. The van der Waals surface area contributed by atoms with Crippen LogP contribution in [0.15, 0.2) is 71.8 Å². The van der Waals surface area contributed by atoms with Gasteiger partial charge in [-0.15, -0.1) is 0 Å². The average Bonchev–Trinajstić information content (AvgIpc) is 2.76. The predicted molar refractivity (Wildman–Crippen MR) is 129 cm³/mol. The summed E-state index contributed by atoms with van der Waals surface area (Å²) in [6, 6.07) is 19.3. The fraction of sp³-hybridized carbons (Fsp3) is 0. The smallest absolute Gasteiger partial charge is 0.267 e. The molecule has 0 aliphatic heterocycles. The molecule has 31 heavy (non-hydrogen) atoms. The van der Waals surface area contributed by atoms with Crippen molar-refractivity contribution in [3.05, 3.63) is 97.9 Å². The van der Waals surface area contributed by atoms with Crippen LogP contribution >= 0.6 is 46.4 Å². The lowest BCUT2D eigenvalue weighted by atomic mass is 10.0. The molecule has 4 rings (SSSR count). The standard InChI is InChI=1S/C23H13Cl4N3O/c24-15-7-5-14(19(26)10-15)12-28-30-23(31)17-11-22(13-6-8-18(25)20(27)9-13)29-21-4-2-1-3-16(17)21/h1-12H,(H,30,31). The second kappa shape index (κ2) is 9.25. The second-order valence-electron chi connectivity index (χ2n) is 6.57. The van der Waals surface area contributed by atoms with Crippen molar-refractivity contribution >= 4 is 69.4 Å². The number of rotatable bonds is 4. The van der Waals surface area contributed by atoms with Gasteiger partial charge in [0.2, 0.25) is 0 Å². The van der Waals surface area contributed by atoms with Gasteiger partial charge < -0.3 is 0 Å². The lowest BCUT2D eigenvalue weighted by Gasteiger charge is -2.09. The molecule has 0 spiro atoms. The first kappa shape index (κ1) is 21.6. The maximum atomic E-state index is 12.9. The van der Waals surface area contributed by atoms with E-state index < -0.39 is 0 Å². The lowest BCUT2D eigenvalue weighted by Crippen LogP contribution is -2.18. The Morgan fingerprint density at radius 2 is 1.68 bits per heavy atom. The van der Waals surface area contributed by atoms with Crippen LogP contribution in [-0.2, 0) is 0 Å². The number of hydrazone groups is 1. The largest absolute Gasteiger partial charge is 0.272 e. The Morgan fingerprint density at radius 3 is 2.45 bits per heavy atom. The summed E-state index contributed by atoms with van der Waals surface area (Å²) in [6.07, 6.45) is 1.46. The van der Waals surface area contributed by atoms with Gasteiger partial charge in [-0.1, -0.05) is 76.7 Å². The minimum atomic E-state index is -0.388. The van der Waals surface area contributed by atoms with Gasteiger partial charge in [-0.2, -0.15) is 5.10 Å². The molecule has 0 saturated carbocycles. The zero-order chi connectivity index (χ0) is 22.0. The number of para-hydroxylation sites is 1. The highest BCUT2D eigenvalue weighted by molar-refractivity contribution is 6.42. The normalized spacial score (nSPS) is 11.2. The Hall–Kier alpha value is -2.63. The molecule has 1 amide bonds. The van der Waals surface area contributed by atoms with E-state index in [9.17, 15) is 4.79 Å². The van der Waals surface area contributed by atoms with Crippen molar-refractivity contribution in [2.24, 2.45) is 5.10 Å². The third-order valence-corrected chi connectivity index (χ3v) is 5.81. The van der Waals surface area contributed by atoms with Crippen molar-refractivity contribution < 1.29 is 4.79 Å². The zero-order valence-electron chi connectivity index (χ0n) is 15.7. The van der Waals surface area contributed by atoms with E-state index in [1.165, 1.54) is 6.21 Å². The number of hydrogen-bond acceptors (Lipinski definition) is 3. The van der Waals surface area contributed by atoms with Crippen LogP contribution in [-0.4, -0.2) is 17.1 Å². The molecule has 0 aliphatic carbocycles. The van der Waals surface area contributed by atoms with Gasteiger partial charge >= 0.3 is 0 Å². The van der Waals surface area contributed by atoms with Crippen LogP contribution in [0.25, 0.3) is 22.2 Å². The predicted octanol–water partition coefficient (Wildman–Crippen LogP) is 7.28.